The van der Waals surface area contributed by atoms with Gasteiger partial charge in [0.15, 0.2) is 0 Å². The van der Waals surface area contributed by atoms with E-state index in [-0.39, 0.29) is 11.3 Å². The monoisotopic (exact) mass is 251 g/mol. The Labute approximate surface area is 107 Å². The highest BCUT2D eigenvalue weighted by Crippen LogP contribution is 2.33. The van der Waals surface area contributed by atoms with E-state index in [0.717, 1.165) is 24.9 Å². The van der Waals surface area contributed by atoms with Gasteiger partial charge in [-0.3, -0.25) is 4.79 Å². The Morgan fingerprint density at radius 1 is 1.41 bits per heavy atom. The molecule has 1 aliphatic heterocycles. The SMILES string of the molecule is CC1(C)Cc2cc(CCCCl)ccc2NC1=O. The zero-order valence-corrected chi connectivity index (χ0v) is 11.1. The lowest BCUT2D eigenvalue weighted by molar-refractivity contribution is -0.124. The molecule has 92 valence electrons. The van der Waals surface area contributed by atoms with Crippen LogP contribution in [0.15, 0.2) is 18.2 Å². The minimum atomic E-state index is -0.307. The summed E-state index contributed by atoms with van der Waals surface area (Å²) in [5.41, 5.74) is 3.19. The summed E-state index contributed by atoms with van der Waals surface area (Å²) in [5.74, 6) is 0.803. The van der Waals surface area contributed by atoms with Gasteiger partial charge in [0.05, 0.1) is 0 Å². The summed E-state index contributed by atoms with van der Waals surface area (Å²) in [6.07, 6.45) is 2.81. The minimum absolute atomic E-state index is 0.110. The van der Waals surface area contributed by atoms with Gasteiger partial charge in [0, 0.05) is 17.0 Å². The lowest BCUT2D eigenvalue weighted by Gasteiger charge is -2.30. The third-order valence-corrected chi connectivity index (χ3v) is 3.53. The van der Waals surface area contributed by atoms with Crippen molar-refractivity contribution in [3.8, 4) is 0 Å². The van der Waals surface area contributed by atoms with Crippen LogP contribution in [0.4, 0.5) is 5.69 Å². The number of amides is 1. The summed E-state index contributed by atoms with van der Waals surface area (Å²) in [6.45, 7) is 3.97. The number of halogens is 1. The first kappa shape index (κ1) is 12.4. The van der Waals surface area contributed by atoms with Gasteiger partial charge >= 0.3 is 0 Å². The number of benzene rings is 1. The molecule has 2 nitrogen and oxygen atoms in total. The van der Waals surface area contributed by atoms with E-state index in [4.69, 9.17) is 11.6 Å². The summed E-state index contributed by atoms with van der Waals surface area (Å²) in [6, 6.07) is 6.28. The normalized spacial score (nSPS) is 17.5. The Morgan fingerprint density at radius 3 is 2.88 bits per heavy atom. The molecule has 1 aliphatic rings. The average Bonchev–Trinajstić information content (AvgIpc) is 2.27. The first-order valence-electron chi connectivity index (χ1n) is 6.02. The molecule has 0 spiro atoms. The number of rotatable bonds is 3. The highest BCUT2D eigenvalue weighted by Gasteiger charge is 2.33. The van der Waals surface area contributed by atoms with Crippen molar-refractivity contribution < 1.29 is 4.79 Å². The molecule has 1 aromatic carbocycles. The van der Waals surface area contributed by atoms with E-state index < -0.39 is 0 Å². The highest BCUT2D eigenvalue weighted by atomic mass is 35.5. The molecule has 1 aromatic rings. The van der Waals surface area contributed by atoms with Gasteiger partial charge in [0.1, 0.15) is 0 Å². The van der Waals surface area contributed by atoms with Crippen molar-refractivity contribution in [1.82, 2.24) is 0 Å². The molecule has 0 unspecified atom stereocenters. The minimum Gasteiger partial charge on any atom is -0.325 e. The lowest BCUT2D eigenvalue weighted by Crippen LogP contribution is -2.37. The van der Waals surface area contributed by atoms with Crippen molar-refractivity contribution in [2.45, 2.75) is 33.1 Å². The van der Waals surface area contributed by atoms with Crippen LogP contribution in [0, 0.1) is 5.41 Å². The van der Waals surface area contributed by atoms with E-state index in [1.54, 1.807) is 0 Å². The van der Waals surface area contributed by atoms with Crippen molar-refractivity contribution in [2.75, 3.05) is 11.2 Å². The molecule has 0 fully saturated rings. The van der Waals surface area contributed by atoms with Crippen molar-refractivity contribution in [1.29, 1.82) is 0 Å². The van der Waals surface area contributed by atoms with Gasteiger partial charge < -0.3 is 5.32 Å². The Morgan fingerprint density at radius 2 is 2.18 bits per heavy atom. The predicted octanol–water partition coefficient (Wildman–Crippen LogP) is 3.38. The number of alkyl halides is 1. The number of hydrogen-bond donors (Lipinski definition) is 1. The molecule has 0 bridgehead atoms. The maximum Gasteiger partial charge on any atom is 0.230 e. The van der Waals surface area contributed by atoms with E-state index in [0.29, 0.717) is 5.88 Å². The second-order valence-electron chi connectivity index (χ2n) is 5.30. The number of carbonyl (C=O) groups is 1. The van der Waals surface area contributed by atoms with Crippen molar-refractivity contribution in [2.24, 2.45) is 5.41 Å². The smallest absolute Gasteiger partial charge is 0.230 e. The number of fused-ring (bicyclic) bond motifs is 1. The number of hydrogen-bond acceptors (Lipinski definition) is 1. The quantitative estimate of drug-likeness (QED) is 0.820. The number of anilines is 1. The van der Waals surface area contributed by atoms with Gasteiger partial charge in [-0.1, -0.05) is 26.0 Å². The van der Waals surface area contributed by atoms with Crippen LogP contribution in [0.3, 0.4) is 0 Å². The van der Waals surface area contributed by atoms with Gasteiger partial charge in [-0.25, -0.2) is 0 Å². The summed E-state index contributed by atoms with van der Waals surface area (Å²) < 4.78 is 0. The Bertz CT molecular complexity index is 440. The van der Waals surface area contributed by atoms with Crippen LogP contribution in [0.1, 0.15) is 31.4 Å². The van der Waals surface area contributed by atoms with Crippen LogP contribution in [0.2, 0.25) is 0 Å². The second-order valence-corrected chi connectivity index (χ2v) is 5.68. The van der Waals surface area contributed by atoms with E-state index in [1.165, 1.54) is 11.1 Å². The number of aryl methyl sites for hydroxylation is 1. The Balaban J connectivity index is 2.24. The molecule has 17 heavy (non-hydrogen) atoms. The van der Waals surface area contributed by atoms with Crippen LogP contribution < -0.4 is 5.32 Å². The summed E-state index contributed by atoms with van der Waals surface area (Å²) >= 11 is 5.70. The molecule has 2 rings (SSSR count). The molecule has 0 saturated heterocycles. The fourth-order valence-electron chi connectivity index (χ4n) is 2.19. The van der Waals surface area contributed by atoms with E-state index in [1.807, 2.05) is 19.9 Å². The maximum atomic E-state index is 11.8. The molecule has 3 heteroatoms. The van der Waals surface area contributed by atoms with Gasteiger partial charge in [-0.15, -0.1) is 11.6 Å². The third kappa shape index (κ3) is 2.63. The molecular formula is C14H18ClNO. The highest BCUT2D eigenvalue weighted by molar-refractivity contribution is 6.17. The van der Waals surface area contributed by atoms with Crippen molar-refractivity contribution in [3.63, 3.8) is 0 Å². The Kier molecular flexibility index (Phi) is 3.43. The van der Waals surface area contributed by atoms with Gasteiger partial charge in [-0.05, 0) is 36.5 Å². The average molecular weight is 252 g/mol. The van der Waals surface area contributed by atoms with Crippen LogP contribution in [0.5, 0.6) is 0 Å². The summed E-state index contributed by atoms with van der Waals surface area (Å²) in [7, 11) is 0. The molecule has 0 aliphatic carbocycles. The van der Waals surface area contributed by atoms with E-state index in [9.17, 15) is 4.79 Å². The largest absolute Gasteiger partial charge is 0.325 e. The third-order valence-electron chi connectivity index (χ3n) is 3.26. The van der Waals surface area contributed by atoms with E-state index in [2.05, 4.69) is 17.4 Å². The lowest BCUT2D eigenvalue weighted by atomic mass is 9.81. The van der Waals surface area contributed by atoms with Crippen molar-refractivity contribution in [3.05, 3.63) is 29.3 Å². The van der Waals surface area contributed by atoms with Gasteiger partial charge in [0.2, 0.25) is 5.91 Å². The van der Waals surface area contributed by atoms with Crippen molar-refractivity contribution >= 4 is 23.2 Å². The van der Waals surface area contributed by atoms with E-state index >= 15 is 0 Å². The first-order chi connectivity index (χ1) is 8.03. The maximum absolute atomic E-state index is 11.8. The zero-order valence-electron chi connectivity index (χ0n) is 10.3. The molecule has 0 saturated carbocycles. The first-order valence-corrected chi connectivity index (χ1v) is 6.55. The van der Waals surface area contributed by atoms with Gasteiger partial charge in [-0.2, -0.15) is 0 Å². The number of nitrogens with one attached hydrogen (secondary N) is 1. The molecular weight excluding hydrogens is 234 g/mol. The van der Waals surface area contributed by atoms with Crippen LogP contribution in [-0.2, 0) is 17.6 Å². The fraction of sp³-hybridized carbons (Fsp3) is 0.500. The molecule has 1 N–H and O–H groups in total. The number of carbonyl (C=O) groups excluding carboxylic acids is 1. The molecule has 1 heterocycles. The van der Waals surface area contributed by atoms with Crippen LogP contribution in [-0.4, -0.2) is 11.8 Å². The molecule has 0 aromatic heterocycles. The standard InChI is InChI=1S/C14H18ClNO/c1-14(2)9-11-8-10(4-3-7-15)5-6-12(11)16-13(14)17/h5-6,8H,3-4,7,9H2,1-2H3,(H,16,17). The summed E-state index contributed by atoms with van der Waals surface area (Å²) in [5, 5.41) is 2.97. The van der Waals surface area contributed by atoms with Crippen LogP contribution in [0.25, 0.3) is 0 Å². The van der Waals surface area contributed by atoms with Crippen LogP contribution >= 0.6 is 11.6 Å². The topological polar surface area (TPSA) is 29.1 Å². The fourth-order valence-corrected chi connectivity index (χ4v) is 2.32. The molecule has 1 amide bonds. The van der Waals surface area contributed by atoms with Gasteiger partial charge in [0.25, 0.3) is 0 Å². The predicted molar refractivity (Wildman–Crippen MR) is 71.6 cm³/mol. The molecule has 0 atom stereocenters. The second kappa shape index (κ2) is 4.69. The zero-order chi connectivity index (χ0) is 12.5. The summed E-state index contributed by atoms with van der Waals surface area (Å²) in [4.78, 5) is 11.8. The molecule has 0 radical (unpaired) electrons. The Hall–Kier alpha value is -1.02.